The molecule has 0 aliphatic rings. The van der Waals surface area contributed by atoms with E-state index >= 15 is 0 Å². The number of hydrogen-bond donors (Lipinski definition) is 1. The van der Waals surface area contributed by atoms with Crippen LogP contribution in [0, 0.1) is 5.92 Å². The Balaban J connectivity index is 0. The molecule has 0 saturated carbocycles. The summed E-state index contributed by atoms with van der Waals surface area (Å²) in [5.74, 6) is 0.206. The van der Waals surface area contributed by atoms with Crippen molar-refractivity contribution in [2.75, 3.05) is 5.75 Å². The number of rotatable bonds is 2. The van der Waals surface area contributed by atoms with E-state index in [2.05, 4.69) is 0 Å². The number of primary sulfonamides is 1. The van der Waals surface area contributed by atoms with Crippen molar-refractivity contribution in [2.45, 2.75) is 13.8 Å². The normalized spacial score (nSPS) is 11.1. The Morgan fingerprint density at radius 1 is 1.44 bits per heavy atom. The molecule has 0 aliphatic heterocycles. The van der Waals surface area contributed by atoms with Crippen molar-refractivity contribution < 1.29 is 8.42 Å². The van der Waals surface area contributed by atoms with Crippen LogP contribution in [-0.4, -0.2) is 43.7 Å². The molecule has 0 aliphatic carbocycles. The second-order valence-corrected chi connectivity index (χ2v) is 3.88. The van der Waals surface area contributed by atoms with Gasteiger partial charge >= 0.3 is 29.6 Å². The maximum absolute atomic E-state index is 10.2. The van der Waals surface area contributed by atoms with E-state index in [1.165, 1.54) is 0 Å². The third-order valence-corrected chi connectivity index (χ3v) is 1.70. The fourth-order valence-electron chi connectivity index (χ4n) is 0.465. The van der Waals surface area contributed by atoms with E-state index in [1.54, 1.807) is 0 Å². The number of sulfonamides is 1. The Hall–Kier alpha value is 0.910. The monoisotopic (exact) mass is 161 g/mol. The third-order valence-electron chi connectivity index (χ3n) is 0.566. The van der Waals surface area contributed by atoms with Gasteiger partial charge in [-0.05, 0) is 5.92 Å². The summed E-state index contributed by atoms with van der Waals surface area (Å²) in [6, 6.07) is 0. The van der Waals surface area contributed by atoms with Gasteiger partial charge in [-0.1, -0.05) is 13.8 Å². The van der Waals surface area contributed by atoms with E-state index in [-0.39, 0.29) is 41.2 Å². The van der Waals surface area contributed by atoms with Crippen molar-refractivity contribution in [3.05, 3.63) is 0 Å². The zero-order valence-corrected chi connectivity index (χ0v) is 5.90. The molecule has 9 heavy (non-hydrogen) atoms. The molecule has 0 saturated heterocycles. The SMILES string of the molecule is CC(C)CS(N)(=O)=O.[NaH]. The van der Waals surface area contributed by atoms with Crippen LogP contribution in [0.3, 0.4) is 0 Å². The second-order valence-electron chi connectivity index (χ2n) is 2.22. The van der Waals surface area contributed by atoms with Gasteiger partial charge in [-0.3, -0.25) is 0 Å². The van der Waals surface area contributed by atoms with Gasteiger partial charge in [0.25, 0.3) is 0 Å². The summed E-state index contributed by atoms with van der Waals surface area (Å²) in [7, 11) is -3.22. The molecule has 2 N–H and O–H groups in total. The Morgan fingerprint density at radius 3 is 1.78 bits per heavy atom. The van der Waals surface area contributed by atoms with Crippen LogP contribution in [0.15, 0.2) is 0 Å². The summed E-state index contributed by atoms with van der Waals surface area (Å²) < 4.78 is 20.4. The summed E-state index contributed by atoms with van der Waals surface area (Å²) in [4.78, 5) is 0. The van der Waals surface area contributed by atoms with Gasteiger partial charge in [0.1, 0.15) is 0 Å². The van der Waals surface area contributed by atoms with Crippen LogP contribution >= 0.6 is 0 Å². The molecular weight excluding hydrogens is 149 g/mol. The molecule has 5 heteroatoms. The van der Waals surface area contributed by atoms with Crippen molar-refractivity contribution in [1.82, 2.24) is 0 Å². The molecule has 0 aromatic rings. The summed E-state index contributed by atoms with van der Waals surface area (Å²) >= 11 is 0. The molecule has 0 aromatic heterocycles. The fourth-order valence-corrected chi connectivity index (χ4v) is 1.39. The van der Waals surface area contributed by atoms with Crippen LogP contribution in [0.5, 0.6) is 0 Å². The first kappa shape index (κ1) is 12.6. The van der Waals surface area contributed by atoms with E-state index in [4.69, 9.17) is 5.14 Å². The fraction of sp³-hybridized carbons (Fsp3) is 1.00. The molecule has 0 bridgehead atoms. The molecule has 0 atom stereocenters. The van der Waals surface area contributed by atoms with Gasteiger partial charge in [0.15, 0.2) is 0 Å². The third kappa shape index (κ3) is 12.2. The molecule has 3 nitrogen and oxygen atoms in total. The molecular formula is C4H12NNaO2S. The van der Waals surface area contributed by atoms with Gasteiger partial charge in [-0.25, -0.2) is 13.6 Å². The van der Waals surface area contributed by atoms with Gasteiger partial charge in [0, 0.05) is 0 Å². The minimum absolute atomic E-state index is 0. The van der Waals surface area contributed by atoms with Crippen molar-refractivity contribution in [1.29, 1.82) is 0 Å². The Morgan fingerprint density at radius 2 is 1.78 bits per heavy atom. The van der Waals surface area contributed by atoms with E-state index in [0.717, 1.165) is 0 Å². The van der Waals surface area contributed by atoms with E-state index in [1.807, 2.05) is 13.8 Å². The summed E-state index contributed by atoms with van der Waals surface area (Å²) in [5.41, 5.74) is 0. The van der Waals surface area contributed by atoms with Crippen molar-refractivity contribution in [2.24, 2.45) is 11.1 Å². The molecule has 52 valence electrons. The first-order valence-corrected chi connectivity index (χ1v) is 4.14. The van der Waals surface area contributed by atoms with E-state index < -0.39 is 10.0 Å². The zero-order chi connectivity index (χ0) is 6.78. The van der Waals surface area contributed by atoms with E-state index in [0.29, 0.717) is 0 Å². The van der Waals surface area contributed by atoms with Gasteiger partial charge in [-0.2, -0.15) is 0 Å². The van der Waals surface area contributed by atoms with Crippen LogP contribution < -0.4 is 5.14 Å². The Bertz CT molecular complexity index is 152. The van der Waals surface area contributed by atoms with Gasteiger partial charge in [0.2, 0.25) is 10.0 Å². The topological polar surface area (TPSA) is 60.2 Å². The van der Waals surface area contributed by atoms with Crippen LogP contribution in [-0.2, 0) is 10.0 Å². The number of nitrogens with two attached hydrogens (primary N) is 1. The van der Waals surface area contributed by atoms with Crippen LogP contribution in [0.4, 0.5) is 0 Å². The summed E-state index contributed by atoms with van der Waals surface area (Å²) in [6.07, 6.45) is 0. The average Bonchev–Trinajstić information content (AvgIpc) is 1.21. The first-order valence-electron chi connectivity index (χ1n) is 2.42. The van der Waals surface area contributed by atoms with Crippen LogP contribution in [0.1, 0.15) is 13.8 Å². The van der Waals surface area contributed by atoms with Crippen molar-refractivity contribution >= 4 is 39.6 Å². The minimum atomic E-state index is -3.22. The molecule has 0 amide bonds. The summed E-state index contributed by atoms with van der Waals surface area (Å²) in [6.45, 7) is 3.62. The predicted octanol–water partition coefficient (Wildman–Crippen LogP) is -0.718. The molecule has 0 unspecified atom stereocenters. The molecule has 0 radical (unpaired) electrons. The van der Waals surface area contributed by atoms with Gasteiger partial charge in [-0.15, -0.1) is 0 Å². The average molecular weight is 161 g/mol. The van der Waals surface area contributed by atoms with Crippen molar-refractivity contribution in [3.8, 4) is 0 Å². The van der Waals surface area contributed by atoms with Gasteiger partial charge in [0.05, 0.1) is 5.75 Å². The number of hydrogen-bond acceptors (Lipinski definition) is 2. The summed E-state index contributed by atoms with van der Waals surface area (Å²) in [5, 5.41) is 4.71. The van der Waals surface area contributed by atoms with Crippen molar-refractivity contribution in [3.63, 3.8) is 0 Å². The quantitative estimate of drug-likeness (QED) is 0.543. The van der Waals surface area contributed by atoms with E-state index in [9.17, 15) is 8.42 Å². The van der Waals surface area contributed by atoms with Gasteiger partial charge < -0.3 is 0 Å². The first-order chi connectivity index (χ1) is 3.42. The molecule has 0 aromatic carbocycles. The Labute approximate surface area is 78.3 Å². The van der Waals surface area contributed by atoms with Crippen LogP contribution in [0.25, 0.3) is 0 Å². The molecule has 0 rings (SSSR count). The zero-order valence-electron chi connectivity index (χ0n) is 5.09. The predicted molar refractivity (Wildman–Crippen MR) is 40.0 cm³/mol. The molecule has 0 heterocycles. The van der Waals surface area contributed by atoms with Crippen LogP contribution in [0.2, 0.25) is 0 Å². The maximum atomic E-state index is 10.2. The molecule has 0 spiro atoms. The molecule has 0 fully saturated rings. The Kier molecular flexibility index (Phi) is 6.54. The second kappa shape index (κ2) is 4.68. The standard InChI is InChI=1S/C4H11NO2S.Na.H/c1-4(2)3-8(5,6)7;;/h4H,3H2,1-2H3,(H2,5,6,7);;.